The summed E-state index contributed by atoms with van der Waals surface area (Å²) in [6.45, 7) is 0.170. The lowest BCUT2D eigenvalue weighted by Crippen LogP contribution is -2.22. The van der Waals surface area contributed by atoms with E-state index < -0.39 is 0 Å². The summed E-state index contributed by atoms with van der Waals surface area (Å²) in [7, 11) is 3.41. The number of anilines is 1. The number of fused-ring (bicyclic) bond motifs is 1. The molecule has 150 valence electrons. The third-order valence-corrected chi connectivity index (χ3v) is 4.98. The molecular weight excluding hydrogens is 374 g/mol. The van der Waals surface area contributed by atoms with E-state index in [1.807, 2.05) is 59.2 Å². The van der Waals surface area contributed by atoms with Gasteiger partial charge in [-0.05, 0) is 35.9 Å². The molecule has 0 saturated carbocycles. The van der Waals surface area contributed by atoms with E-state index in [1.165, 1.54) is 4.90 Å². The summed E-state index contributed by atoms with van der Waals surface area (Å²) >= 11 is 0. The van der Waals surface area contributed by atoms with E-state index in [9.17, 15) is 9.59 Å². The molecule has 0 aliphatic rings. The number of hydrogen-bond acceptors (Lipinski definition) is 2. The van der Waals surface area contributed by atoms with Gasteiger partial charge in [-0.3, -0.25) is 9.59 Å². The van der Waals surface area contributed by atoms with Gasteiger partial charge in [0.15, 0.2) is 0 Å². The summed E-state index contributed by atoms with van der Waals surface area (Å²) in [5.74, 6) is -0.253. The van der Waals surface area contributed by atoms with Crippen LogP contribution in [-0.4, -0.2) is 35.4 Å². The van der Waals surface area contributed by atoms with Crippen LogP contribution in [0.3, 0.4) is 0 Å². The lowest BCUT2D eigenvalue weighted by Gasteiger charge is -2.13. The standard InChI is InChI=1S/C25H23N3O2/c1-27(2)25(30)20-12-8-13-21(15-20)26-24(29)17-28-22-14-7-6-11-19(22)16-23(28)18-9-4-3-5-10-18/h3-16H,17H2,1-2H3,(H,26,29). The fraction of sp³-hybridized carbons (Fsp3) is 0.120. The van der Waals surface area contributed by atoms with Gasteiger partial charge in [0.25, 0.3) is 5.91 Å². The van der Waals surface area contributed by atoms with Crippen LogP contribution in [0.5, 0.6) is 0 Å². The first-order valence-corrected chi connectivity index (χ1v) is 9.78. The van der Waals surface area contributed by atoms with Crippen molar-refractivity contribution in [3.63, 3.8) is 0 Å². The van der Waals surface area contributed by atoms with E-state index in [1.54, 1.807) is 38.4 Å². The summed E-state index contributed by atoms with van der Waals surface area (Å²) in [6.07, 6.45) is 0. The Morgan fingerprint density at radius 3 is 2.37 bits per heavy atom. The molecule has 3 aromatic carbocycles. The highest BCUT2D eigenvalue weighted by atomic mass is 16.2. The van der Waals surface area contributed by atoms with Gasteiger partial charge in [-0.25, -0.2) is 0 Å². The van der Waals surface area contributed by atoms with Crippen molar-refractivity contribution in [2.75, 3.05) is 19.4 Å². The second-order valence-corrected chi connectivity index (χ2v) is 7.37. The van der Waals surface area contributed by atoms with Crippen molar-refractivity contribution in [3.05, 3.63) is 90.5 Å². The van der Waals surface area contributed by atoms with E-state index in [-0.39, 0.29) is 18.4 Å². The molecule has 0 saturated heterocycles. The molecule has 5 heteroatoms. The molecule has 30 heavy (non-hydrogen) atoms. The third-order valence-electron chi connectivity index (χ3n) is 4.98. The lowest BCUT2D eigenvalue weighted by atomic mass is 10.1. The number of rotatable bonds is 5. The van der Waals surface area contributed by atoms with E-state index in [0.717, 1.165) is 22.2 Å². The minimum absolute atomic E-state index is 0.103. The van der Waals surface area contributed by atoms with Gasteiger partial charge in [0, 0.05) is 41.9 Å². The zero-order chi connectivity index (χ0) is 21.1. The molecular formula is C25H23N3O2. The molecule has 2 amide bonds. The summed E-state index contributed by atoms with van der Waals surface area (Å²) in [4.78, 5) is 26.6. The Kier molecular flexibility index (Phi) is 5.35. The maximum absolute atomic E-state index is 12.9. The van der Waals surface area contributed by atoms with Crippen LogP contribution in [0.2, 0.25) is 0 Å². The van der Waals surface area contributed by atoms with Gasteiger partial charge in [-0.15, -0.1) is 0 Å². The Labute approximate surface area is 175 Å². The summed E-state index contributed by atoms with van der Waals surface area (Å²) in [5, 5.41) is 4.01. The lowest BCUT2D eigenvalue weighted by molar-refractivity contribution is -0.116. The number of para-hydroxylation sites is 1. The van der Waals surface area contributed by atoms with Gasteiger partial charge in [-0.2, -0.15) is 0 Å². The first-order chi connectivity index (χ1) is 14.5. The maximum atomic E-state index is 12.9. The van der Waals surface area contributed by atoms with Crippen molar-refractivity contribution in [1.82, 2.24) is 9.47 Å². The van der Waals surface area contributed by atoms with Crippen LogP contribution in [0.25, 0.3) is 22.2 Å². The van der Waals surface area contributed by atoms with Crippen molar-refractivity contribution >= 4 is 28.4 Å². The first kappa shape index (κ1) is 19.5. The summed E-state index contributed by atoms with van der Waals surface area (Å²) in [6, 6.07) is 27.2. The third kappa shape index (κ3) is 3.96. The molecule has 0 unspecified atom stereocenters. The monoisotopic (exact) mass is 397 g/mol. The number of nitrogens with one attached hydrogen (secondary N) is 1. The largest absolute Gasteiger partial charge is 0.345 e. The minimum Gasteiger partial charge on any atom is -0.345 e. The van der Waals surface area contributed by atoms with Crippen molar-refractivity contribution < 1.29 is 9.59 Å². The van der Waals surface area contributed by atoms with Gasteiger partial charge in [-0.1, -0.05) is 54.6 Å². The number of carbonyl (C=O) groups excluding carboxylic acids is 2. The molecule has 4 rings (SSSR count). The second kappa shape index (κ2) is 8.25. The Bertz CT molecular complexity index is 1210. The van der Waals surface area contributed by atoms with E-state index in [2.05, 4.69) is 11.4 Å². The molecule has 0 bridgehead atoms. The van der Waals surface area contributed by atoms with E-state index >= 15 is 0 Å². The smallest absolute Gasteiger partial charge is 0.253 e. The zero-order valence-corrected chi connectivity index (χ0v) is 17.0. The van der Waals surface area contributed by atoms with Crippen LogP contribution in [0, 0.1) is 0 Å². The quantitative estimate of drug-likeness (QED) is 0.533. The topological polar surface area (TPSA) is 54.3 Å². The van der Waals surface area contributed by atoms with Crippen molar-refractivity contribution in [2.24, 2.45) is 0 Å². The molecule has 0 radical (unpaired) electrons. The zero-order valence-electron chi connectivity index (χ0n) is 17.0. The van der Waals surface area contributed by atoms with E-state index in [4.69, 9.17) is 0 Å². The predicted octanol–water partition coefficient (Wildman–Crippen LogP) is 4.65. The number of nitrogens with zero attached hydrogens (tertiary/aromatic N) is 2. The molecule has 0 aliphatic carbocycles. The van der Waals surface area contributed by atoms with Gasteiger partial charge < -0.3 is 14.8 Å². The number of benzene rings is 3. The second-order valence-electron chi connectivity index (χ2n) is 7.37. The molecule has 1 N–H and O–H groups in total. The summed E-state index contributed by atoms with van der Waals surface area (Å²) in [5.41, 5.74) is 4.19. The Balaban J connectivity index is 1.63. The molecule has 1 heterocycles. The van der Waals surface area contributed by atoms with Crippen molar-refractivity contribution in [1.29, 1.82) is 0 Å². The number of amides is 2. The fourth-order valence-corrected chi connectivity index (χ4v) is 3.56. The normalized spacial score (nSPS) is 10.7. The number of hydrogen-bond donors (Lipinski definition) is 1. The van der Waals surface area contributed by atoms with Crippen LogP contribution >= 0.6 is 0 Å². The van der Waals surface area contributed by atoms with Crippen LogP contribution < -0.4 is 5.32 Å². The Morgan fingerprint density at radius 2 is 1.60 bits per heavy atom. The highest BCUT2D eigenvalue weighted by Crippen LogP contribution is 2.28. The average molecular weight is 397 g/mol. The maximum Gasteiger partial charge on any atom is 0.253 e. The molecule has 0 spiro atoms. The SMILES string of the molecule is CN(C)C(=O)c1cccc(NC(=O)Cn2c(-c3ccccc3)cc3ccccc32)c1. The average Bonchev–Trinajstić information content (AvgIpc) is 3.12. The number of aromatic nitrogens is 1. The van der Waals surface area contributed by atoms with Crippen LogP contribution in [0.4, 0.5) is 5.69 Å². The van der Waals surface area contributed by atoms with Crippen LogP contribution in [0.1, 0.15) is 10.4 Å². The van der Waals surface area contributed by atoms with Gasteiger partial charge in [0.2, 0.25) is 5.91 Å². The fourth-order valence-electron chi connectivity index (χ4n) is 3.56. The van der Waals surface area contributed by atoms with Gasteiger partial charge in [0.1, 0.15) is 6.54 Å². The molecule has 0 aliphatic heterocycles. The van der Waals surface area contributed by atoms with E-state index in [0.29, 0.717) is 11.3 Å². The van der Waals surface area contributed by atoms with Crippen molar-refractivity contribution in [2.45, 2.75) is 6.54 Å². The molecule has 5 nitrogen and oxygen atoms in total. The van der Waals surface area contributed by atoms with Gasteiger partial charge in [0.05, 0.1) is 0 Å². The molecule has 0 atom stereocenters. The summed E-state index contributed by atoms with van der Waals surface area (Å²) < 4.78 is 2.02. The molecule has 1 aromatic heterocycles. The molecule has 0 fully saturated rings. The highest BCUT2D eigenvalue weighted by molar-refractivity contribution is 5.97. The predicted molar refractivity (Wildman–Crippen MR) is 120 cm³/mol. The Morgan fingerprint density at radius 1 is 0.867 bits per heavy atom. The van der Waals surface area contributed by atoms with Crippen LogP contribution in [0.15, 0.2) is 84.9 Å². The first-order valence-electron chi connectivity index (χ1n) is 9.78. The molecule has 4 aromatic rings. The van der Waals surface area contributed by atoms with Crippen LogP contribution in [-0.2, 0) is 11.3 Å². The minimum atomic E-state index is -0.150. The number of carbonyl (C=O) groups is 2. The van der Waals surface area contributed by atoms with Crippen molar-refractivity contribution in [3.8, 4) is 11.3 Å². The van der Waals surface area contributed by atoms with Gasteiger partial charge >= 0.3 is 0 Å². The highest BCUT2D eigenvalue weighted by Gasteiger charge is 2.14. The Hall–Kier alpha value is -3.86.